The van der Waals surface area contributed by atoms with Crippen LogP contribution in [0.3, 0.4) is 0 Å². The van der Waals surface area contributed by atoms with E-state index in [0.29, 0.717) is 13.2 Å². The van der Waals surface area contributed by atoms with Gasteiger partial charge in [0.05, 0.1) is 19.1 Å². The van der Waals surface area contributed by atoms with Gasteiger partial charge in [0.2, 0.25) is 0 Å². The number of esters is 2. The molecule has 0 bridgehead atoms. The van der Waals surface area contributed by atoms with E-state index in [4.69, 9.17) is 9.47 Å². The first-order valence-corrected chi connectivity index (χ1v) is 7.97. The highest BCUT2D eigenvalue weighted by atomic mass is 127. The molecular formula is C14H25IO4. The van der Waals surface area contributed by atoms with E-state index in [1.165, 1.54) is 0 Å². The van der Waals surface area contributed by atoms with E-state index in [-0.39, 0.29) is 17.4 Å². The quantitative estimate of drug-likeness (QED) is 0.384. The highest BCUT2D eigenvalue weighted by Crippen LogP contribution is 2.34. The zero-order chi connectivity index (χ0) is 15.1. The highest BCUT2D eigenvalue weighted by Gasteiger charge is 2.42. The fourth-order valence-corrected chi connectivity index (χ4v) is 3.17. The second-order valence-electron chi connectivity index (χ2n) is 5.58. The van der Waals surface area contributed by atoms with Gasteiger partial charge in [0.1, 0.15) is 3.92 Å². The van der Waals surface area contributed by atoms with Crippen LogP contribution in [0.4, 0.5) is 0 Å². The van der Waals surface area contributed by atoms with Gasteiger partial charge >= 0.3 is 11.9 Å². The van der Waals surface area contributed by atoms with Crippen molar-refractivity contribution < 1.29 is 19.1 Å². The zero-order valence-electron chi connectivity index (χ0n) is 12.5. The second-order valence-corrected chi connectivity index (χ2v) is 6.92. The summed E-state index contributed by atoms with van der Waals surface area (Å²) in [4.78, 5) is 24.1. The molecule has 0 saturated heterocycles. The first-order chi connectivity index (χ1) is 8.75. The molecule has 0 saturated carbocycles. The fraction of sp³-hybridized carbons (Fsp3) is 0.857. The van der Waals surface area contributed by atoms with E-state index in [9.17, 15) is 9.59 Å². The van der Waals surface area contributed by atoms with Crippen LogP contribution in [0.5, 0.6) is 0 Å². The Kier molecular flexibility index (Phi) is 8.61. The van der Waals surface area contributed by atoms with E-state index in [1.54, 1.807) is 0 Å². The molecule has 0 rings (SSSR count). The number of hydrogen-bond acceptors (Lipinski definition) is 4. The van der Waals surface area contributed by atoms with Gasteiger partial charge in [0.25, 0.3) is 0 Å². The summed E-state index contributed by atoms with van der Waals surface area (Å²) in [6.45, 7) is 10.5. The van der Waals surface area contributed by atoms with Crippen molar-refractivity contribution >= 4 is 34.5 Å². The molecule has 0 fully saturated rings. The van der Waals surface area contributed by atoms with Crippen LogP contribution in [0.25, 0.3) is 0 Å². The van der Waals surface area contributed by atoms with Crippen LogP contribution in [-0.4, -0.2) is 29.1 Å². The van der Waals surface area contributed by atoms with Crippen molar-refractivity contribution in [1.82, 2.24) is 0 Å². The lowest BCUT2D eigenvalue weighted by molar-refractivity contribution is -0.158. The molecule has 0 aliphatic rings. The van der Waals surface area contributed by atoms with Crippen LogP contribution in [-0.2, 0) is 19.1 Å². The van der Waals surface area contributed by atoms with E-state index in [0.717, 1.165) is 12.8 Å². The molecule has 0 aromatic carbocycles. The smallest absolute Gasteiger partial charge is 0.319 e. The Bertz CT molecular complexity index is 296. The minimum atomic E-state index is -0.520. The number of halogens is 1. The zero-order valence-corrected chi connectivity index (χ0v) is 14.7. The molecule has 0 aromatic rings. The van der Waals surface area contributed by atoms with Crippen molar-refractivity contribution in [2.75, 3.05) is 13.2 Å². The summed E-state index contributed by atoms with van der Waals surface area (Å²) in [5.74, 6) is -1.15. The van der Waals surface area contributed by atoms with E-state index < -0.39 is 9.84 Å². The average molecular weight is 384 g/mol. The van der Waals surface area contributed by atoms with Crippen LogP contribution in [0.15, 0.2) is 0 Å². The van der Waals surface area contributed by atoms with E-state index in [2.05, 4.69) is 0 Å². The molecule has 0 heterocycles. The lowest BCUT2D eigenvalue weighted by Gasteiger charge is -2.31. The standard InChI is InChI=1S/C14H25IO4/c1-6-8-18-12(16)10(14(3,4)5)11(15)13(17)19-9-7-2/h10-11H,6-9H2,1-5H3. The van der Waals surface area contributed by atoms with Crippen molar-refractivity contribution in [2.45, 2.75) is 51.4 Å². The van der Waals surface area contributed by atoms with Crippen LogP contribution in [0.2, 0.25) is 0 Å². The SMILES string of the molecule is CCCOC(=O)C(I)C(C(=O)OCCC)C(C)(C)C. The molecule has 19 heavy (non-hydrogen) atoms. The number of alkyl halides is 1. The molecule has 0 N–H and O–H groups in total. The largest absolute Gasteiger partial charge is 0.465 e. The summed E-state index contributed by atoms with van der Waals surface area (Å²) in [5.41, 5.74) is -0.345. The number of carbonyl (C=O) groups excluding carboxylic acids is 2. The Labute approximate surface area is 129 Å². The Morgan fingerprint density at radius 2 is 1.42 bits per heavy atom. The molecule has 0 aliphatic heterocycles. The fourth-order valence-electron chi connectivity index (χ4n) is 1.62. The molecule has 0 amide bonds. The average Bonchev–Trinajstić information content (AvgIpc) is 2.31. The molecule has 4 nitrogen and oxygen atoms in total. The number of ether oxygens (including phenoxy) is 2. The van der Waals surface area contributed by atoms with Crippen molar-refractivity contribution in [2.24, 2.45) is 11.3 Å². The van der Waals surface area contributed by atoms with Crippen LogP contribution < -0.4 is 0 Å². The maximum Gasteiger partial charge on any atom is 0.319 e. The van der Waals surface area contributed by atoms with Gasteiger partial charge in [-0.1, -0.05) is 57.2 Å². The second kappa shape index (κ2) is 8.76. The van der Waals surface area contributed by atoms with Gasteiger partial charge in [0.15, 0.2) is 0 Å². The van der Waals surface area contributed by atoms with Crippen molar-refractivity contribution in [3.05, 3.63) is 0 Å². The number of carbonyl (C=O) groups is 2. The Hall–Kier alpha value is -0.330. The summed E-state index contributed by atoms with van der Waals surface area (Å²) < 4.78 is 9.81. The Morgan fingerprint density at radius 1 is 1.00 bits per heavy atom. The maximum atomic E-state index is 12.1. The van der Waals surface area contributed by atoms with Crippen molar-refractivity contribution in [1.29, 1.82) is 0 Å². The Balaban J connectivity index is 4.84. The van der Waals surface area contributed by atoms with Gasteiger partial charge in [-0.3, -0.25) is 9.59 Å². The molecule has 2 atom stereocenters. The molecule has 112 valence electrons. The number of rotatable bonds is 7. The lowest BCUT2D eigenvalue weighted by Crippen LogP contribution is -2.41. The summed E-state index contributed by atoms with van der Waals surface area (Å²) in [6.07, 6.45) is 1.55. The predicted molar refractivity (Wildman–Crippen MR) is 83.3 cm³/mol. The van der Waals surface area contributed by atoms with Gasteiger partial charge in [-0.2, -0.15) is 0 Å². The molecule has 0 aromatic heterocycles. The van der Waals surface area contributed by atoms with Crippen molar-refractivity contribution in [3.8, 4) is 0 Å². The molecular weight excluding hydrogens is 359 g/mol. The Morgan fingerprint density at radius 3 is 1.79 bits per heavy atom. The molecule has 0 radical (unpaired) electrons. The predicted octanol–water partition coefficient (Wildman–Crippen LogP) is 3.36. The van der Waals surface area contributed by atoms with Gasteiger partial charge in [-0.15, -0.1) is 0 Å². The normalized spacial score (nSPS) is 14.6. The first-order valence-electron chi connectivity index (χ1n) is 6.73. The van der Waals surface area contributed by atoms with Crippen LogP contribution >= 0.6 is 22.6 Å². The molecule has 0 aliphatic carbocycles. The summed E-state index contributed by atoms with van der Waals surface area (Å²) >= 11 is 1.99. The van der Waals surface area contributed by atoms with E-state index in [1.807, 2.05) is 57.2 Å². The number of hydrogen-bond donors (Lipinski definition) is 0. The molecule has 0 spiro atoms. The van der Waals surface area contributed by atoms with Gasteiger partial charge in [0, 0.05) is 0 Å². The third-order valence-electron chi connectivity index (χ3n) is 2.60. The summed E-state index contributed by atoms with van der Waals surface area (Å²) in [5, 5.41) is 0. The van der Waals surface area contributed by atoms with Gasteiger partial charge in [-0.05, 0) is 18.3 Å². The van der Waals surface area contributed by atoms with Crippen LogP contribution in [0.1, 0.15) is 47.5 Å². The van der Waals surface area contributed by atoms with Gasteiger partial charge in [-0.25, -0.2) is 0 Å². The third kappa shape index (κ3) is 6.58. The summed E-state index contributed by atoms with van der Waals surface area (Å²) in [7, 11) is 0. The van der Waals surface area contributed by atoms with Crippen LogP contribution in [0, 0.1) is 11.3 Å². The van der Waals surface area contributed by atoms with Crippen molar-refractivity contribution in [3.63, 3.8) is 0 Å². The monoisotopic (exact) mass is 384 g/mol. The molecule has 5 heteroatoms. The third-order valence-corrected chi connectivity index (χ3v) is 3.83. The highest BCUT2D eigenvalue weighted by molar-refractivity contribution is 14.1. The van der Waals surface area contributed by atoms with E-state index >= 15 is 0 Å². The first kappa shape index (κ1) is 18.7. The minimum Gasteiger partial charge on any atom is -0.465 e. The topological polar surface area (TPSA) is 52.6 Å². The minimum absolute atomic E-state index is 0.317. The molecule has 2 unspecified atom stereocenters. The lowest BCUT2D eigenvalue weighted by atomic mass is 9.78. The maximum absolute atomic E-state index is 12.1. The summed E-state index contributed by atoms with van der Waals surface area (Å²) in [6, 6.07) is 0. The van der Waals surface area contributed by atoms with Gasteiger partial charge < -0.3 is 9.47 Å².